The lowest BCUT2D eigenvalue weighted by atomic mass is 10.0. The molecule has 1 heterocycles. The van der Waals surface area contributed by atoms with Crippen LogP contribution in [0.4, 0.5) is 0 Å². The SMILES string of the molecule is CC(C)C(C)N(C)C(=O)c1cncc(C#CCN)c1. The van der Waals surface area contributed by atoms with Crippen molar-refractivity contribution in [1.29, 1.82) is 0 Å². The molecule has 4 heteroatoms. The van der Waals surface area contributed by atoms with Gasteiger partial charge in [-0.2, -0.15) is 0 Å². The van der Waals surface area contributed by atoms with Gasteiger partial charge in [0.2, 0.25) is 0 Å². The van der Waals surface area contributed by atoms with E-state index < -0.39 is 0 Å². The molecule has 0 aliphatic heterocycles. The Morgan fingerprint density at radius 3 is 2.68 bits per heavy atom. The molecule has 0 fully saturated rings. The van der Waals surface area contributed by atoms with Crippen LogP contribution in [0.5, 0.6) is 0 Å². The Bertz CT molecular complexity index is 500. The molecule has 1 rings (SSSR count). The summed E-state index contributed by atoms with van der Waals surface area (Å²) < 4.78 is 0. The lowest BCUT2D eigenvalue weighted by Gasteiger charge is -2.28. The number of amides is 1. The normalized spacial score (nSPS) is 11.7. The minimum absolute atomic E-state index is 0.0369. The zero-order valence-corrected chi connectivity index (χ0v) is 12.0. The van der Waals surface area contributed by atoms with Gasteiger partial charge in [-0.25, -0.2) is 0 Å². The third kappa shape index (κ3) is 4.08. The maximum atomic E-state index is 12.3. The van der Waals surface area contributed by atoms with Crippen molar-refractivity contribution in [1.82, 2.24) is 9.88 Å². The van der Waals surface area contributed by atoms with Gasteiger partial charge in [-0.3, -0.25) is 9.78 Å². The van der Waals surface area contributed by atoms with Gasteiger partial charge >= 0.3 is 0 Å². The summed E-state index contributed by atoms with van der Waals surface area (Å²) in [6.45, 7) is 6.52. The van der Waals surface area contributed by atoms with Crippen molar-refractivity contribution in [2.45, 2.75) is 26.8 Å². The fourth-order valence-corrected chi connectivity index (χ4v) is 1.61. The quantitative estimate of drug-likeness (QED) is 0.837. The van der Waals surface area contributed by atoms with Gasteiger partial charge in [-0.15, -0.1) is 0 Å². The standard InChI is InChI=1S/C15H21N3O/c1-11(2)12(3)18(4)15(19)14-8-13(6-5-7-16)9-17-10-14/h8-12H,7,16H2,1-4H3. The number of carbonyl (C=O) groups is 1. The molecular weight excluding hydrogens is 238 g/mol. The predicted molar refractivity (Wildman–Crippen MR) is 76.6 cm³/mol. The van der Waals surface area contributed by atoms with E-state index >= 15 is 0 Å². The van der Waals surface area contributed by atoms with E-state index in [1.807, 2.05) is 14.0 Å². The van der Waals surface area contributed by atoms with Gasteiger partial charge in [0.1, 0.15) is 0 Å². The third-order valence-corrected chi connectivity index (χ3v) is 3.22. The predicted octanol–water partition coefficient (Wildman–Crippen LogP) is 1.51. The highest BCUT2D eigenvalue weighted by Gasteiger charge is 2.20. The zero-order chi connectivity index (χ0) is 14.4. The molecule has 0 radical (unpaired) electrons. The summed E-state index contributed by atoms with van der Waals surface area (Å²) in [6, 6.07) is 1.92. The Morgan fingerprint density at radius 2 is 2.11 bits per heavy atom. The highest BCUT2D eigenvalue weighted by molar-refractivity contribution is 5.94. The van der Waals surface area contributed by atoms with E-state index in [4.69, 9.17) is 5.73 Å². The second-order valence-electron chi connectivity index (χ2n) is 4.87. The number of nitrogens with two attached hydrogens (primary N) is 1. The first-order valence-corrected chi connectivity index (χ1v) is 6.38. The molecule has 1 aromatic heterocycles. The van der Waals surface area contributed by atoms with Crippen molar-refractivity contribution in [3.05, 3.63) is 29.6 Å². The fraction of sp³-hybridized carbons (Fsp3) is 0.467. The highest BCUT2D eigenvalue weighted by atomic mass is 16.2. The van der Waals surface area contributed by atoms with Crippen molar-refractivity contribution < 1.29 is 4.79 Å². The van der Waals surface area contributed by atoms with Crippen LogP contribution < -0.4 is 5.73 Å². The van der Waals surface area contributed by atoms with Crippen molar-refractivity contribution in [3.63, 3.8) is 0 Å². The zero-order valence-electron chi connectivity index (χ0n) is 12.0. The first kappa shape index (κ1) is 15.2. The minimum Gasteiger partial charge on any atom is -0.339 e. The number of nitrogens with zero attached hydrogens (tertiary/aromatic N) is 2. The summed E-state index contributed by atoms with van der Waals surface area (Å²) in [5.41, 5.74) is 6.59. The Hall–Kier alpha value is -1.86. The van der Waals surface area contributed by atoms with E-state index in [0.29, 0.717) is 23.6 Å². The number of pyridine rings is 1. The van der Waals surface area contributed by atoms with Crippen LogP contribution in [0.1, 0.15) is 36.7 Å². The van der Waals surface area contributed by atoms with Crippen molar-refractivity contribution in [2.75, 3.05) is 13.6 Å². The van der Waals surface area contributed by atoms with Crippen molar-refractivity contribution >= 4 is 5.91 Å². The second-order valence-corrected chi connectivity index (χ2v) is 4.87. The van der Waals surface area contributed by atoms with Crippen LogP contribution in [-0.2, 0) is 0 Å². The van der Waals surface area contributed by atoms with Gasteiger partial charge in [0, 0.05) is 31.0 Å². The third-order valence-electron chi connectivity index (χ3n) is 3.22. The molecule has 0 spiro atoms. The smallest absolute Gasteiger partial charge is 0.255 e. The molecule has 0 saturated carbocycles. The number of aromatic nitrogens is 1. The van der Waals surface area contributed by atoms with Gasteiger partial charge in [-0.05, 0) is 18.9 Å². The molecule has 0 aromatic carbocycles. The lowest BCUT2D eigenvalue weighted by molar-refractivity contribution is 0.0706. The molecule has 0 saturated heterocycles. The van der Waals surface area contributed by atoms with Crippen LogP contribution in [0, 0.1) is 17.8 Å². The number of hydrogen-bond acceptors (Lipinski definition) is 3. The van der Waals surface area contributed by atoms with Crippen LogP contribution in [-0.4, -0.2) is 35.4 Å². The second kappa shape index (κ2) is 6.91. The van der Waals surface area contributed by atoms with Gasteiger partial charge in [-0.1, -0.05) is 25.7 Å². The largest absolute Gasteiger partial charge is 0.339 e. The first-order chi connectivity index (χ1) is 8.97. The summed E-state index contributed by atoms with van der Waals surface area (Å²) in [5, 5.41) is 0. The summed E-state index contributed by atoms with van der Waals surface area (Å²) in [6.07, 6.45) is 3.20. The van der Waals surface area contributed by atoms with Crippen LogP contribution in [0.25, 0.3) is 0 Å². The fourth-order valence-electron chi connectivity index (χ4n) is 1.61. The maximum absolute atomic E-state index is 12.3. The van der Waals surface area contributed by atoms with Gasteiger partial charge in [0.25, 0.3) is 5.91 Å². The van der Waals surface area contributed by atoms with E-state index in [2.05, 4.69) is 30.7 Å². The number of rotatable bonds is 3. The molecule has 102 valence electrons. The van der Waals surface area contributed by atoms with Crippen molar-refractivity contribution in [2.24, 2.45) is 11.7 Å². The molecule has 0 bridgehead atoms. The van der Waals surface area contributed by atoms with Crippen molar-refractivity contribution in [3.8, 4) is 11.8 Å². The lowest BCUT2D eigenvalue weighted by Crippen LogP contribution is -2.38. The number of hydrogen-bond donors (Lipinski definition) is 1. The summed E-state index contributed by atoms with van der Waals surface area (Å²) >= 11 is 0. The molecular formula is C15H21N3O. The van der Waals surface area contributed by atoms with Gasteiger partial charge in [0.05, 0.1) is 12.1 Å². The van der Waals surface area contributed by atoms with Crippen LogP contribution >= 0.6 is 0 Å². The average Bonchev–Trinajstić information content (AvgIpc) is 2.42. The van der Waals surface area contributed by atoms with Gasteiger partial charge in [0.15, 0.2) is 0 Å². The van der Waals surface area contributed by atoms with E-state index in [9.17, 15) is 4.79 Å². The van der Waals surface area contributed by atoms with Crippen LogP contribution in [0.3, 0.4) is 0 Å². The Morgan fingerprint density at radius 1 is 1.42 bits per heavy atom. The average molecular weight is 259 g/mol. The molecule has 4 nitrogen and oxygen atoms in total. The van der Waals surface area contributed by atoms with Crippen LogP contribution in [0.2, 0.25) is 0 Å². The van der Waals surface area contributed by atoms with E-state index in [-0.39, 0.29) is 11.9 Å². The first-order valence-electron chi connectivity index (χ1n) is 6.38. The molecule has 1 unspecified atom stereocenters. The molecule has 0 aliphatic rings. The Kier molecular flexibility index (Phi) is 5.53. The molecule has 1 aromatic rings. The summed E-state index contributed by atoms with van der Waals surface area (Å²) in [7, 11) is 1.81. The molecule has 1 amide bonds. The molecule has 1 atom stereocenters. The summed E-state index contributed by atoms with van der Waals surface area (Å²) in [4.78, 5) is 18.1. The summed E-state index contributed by atoms with van der Waals surface area (Å²) in [5.74, 6) is 6.00. The van der Waals surface area contributed by atoms with Crippen LogP contribution in [0.15, 0.2) is 18.5 Å². The number of carbonyl (C=O) groups excluding carboxylic acids is 1. The van der Waals surface area contributed by atoms with E-state index in [0.717, 1.165) is 0 Å². The molecule has 2 N–H and O–H groups in total. The monoisotopic (exact) mass is 259 g/mol. The maximum Gasteiger partial charge on any atom is 0.255 e. The molecule has 19 heavy (non-hydrogen) atoms. The minimum atomic E-state index is -0.0369. The van der Waals surface area contributed by atoms with E-state index in [1.165, 1.54) is 0 Å². The topological polar surface area (TPSA) is 59.2 Å². The highest BCUT2D eigenvalue weighted by Crippen LogP contribution is 2.12. The van der Waals surface area contributed by atoms with E-state index in [1.54, 1.807) is 23.4 Å². The Labute approximate surface area is 115 Å². The van der Waals surface area contributed by atoms with Gasteiger partial charge < -0.3 is 10.6 Å². The Balaban J connectivity index is 2.94. The molecule has 0 aliphatic carbocycles.